The SMILES string of the molecule is O=C(/C=C\S)NCCCCCC(=O)OCc1ccccc1. The third-order valence-electron chi connectivity index (χ3n) is 2.83. The first-order valence-electron chi connectivity index (χ1n) is 7.00. The normalized spacial score (nSPS) is 10.5. The third-order valence-corrected chi connectivity index (χ3v) is 2.97. The van der Waals surface area contributed by atoms with Gasteiger partial charge in [-0.1, -0.05) is 36.8 Å². The molecule has 0 atom stereocenters. The standard InChI is InChI=1S/C16H21NO3S/c18-15(10-12-21)17-11-6-2-5-9-16(19)20-13-14-7-3-1-4-8-14/h1,3-4,7-8,10,12,21H,2,5-6,9,11,13H2,(H,17,18)/b12-10-. The Labute approximate surface area is 131 Å². The maximum absolute atomic E-state index is 11.5. The number of hydrogen-bond acceptors (Lipinski definition) is 4. The van der Waals surface area contributed by atoms with Gasteiger partial charge in [-0.2, -0.15) is 12.6 Å². The molecule has 5 heteroatoms. The van der Waals surface area contributed by atoms with E-state index >= 15 is 0 Å². The highest BCUT2D eigenvalue weighted by molar-refractivity contribution is 7.83. The largest absolute Gasteiger partial charge is 0.461 e. The quantitative estimate of drug-likeness (QED) is 0.319. The van der Waals surface area contributed by atoms with E-state index in [4.69, 9.17) is 4.74 Å². The summed E-state index contributed by atoms with van der Waals surface area (Å²) < 4.78 is 5.18. The van der Waals surface area contributed by atoms with Gasteiger partial charge in [0, 0.05) is 19.0 Å². The Hall–Kier alpha value is -1.75. The van der Waals surface area contributed by atoms with Crippen LogP contribution in [-0.2, 0) is 20.9 Å². The number of thiol groups is 1. The zero-order valence-corrected chi connectivity index (χ0v) is 12.9. The number of ether oxygens (including phenoxy) is 1. The lowest BCUT2D eigenvalue weighted by atomic mass is 10.2. The molecule has 0 aromatic heterocycles. The van der Waals surface area contributed by atoms with Gasteiger partial charge in [-0.3, -0.25) is 9.59 Å². The number of benzene rings is 1. The van der Waals surface area contributed by atoms with Crippen LogP contribution < -0.4 is 5.32 Å². The van der Waals surface area contributed by atoms with E-state index in [0.717, 1.165) is 24.8 Å². The molecule has 0 bridgehead atoms. The highest BCUT2D eigenvalue weighted by Crippen LogP contribution is 2.05. The van der Waals surface area contributed by atoms with E-state index < -0.39 is 0 Å². The lowest BCUT2D eigenvalue weighted by Gasteiger charge is -2.05. The summed E-state index contributed by atoms with van der Waals surface area (Å²) in [6, 6.07) is 9.61. The molecule has 1 aromatic rings. The maximum atomic E-state index is 11.5. The van der Waals surface area contributed by atoms with Crippen molar-refractivity contribution in [3.8, 4) is 0 Å². The molecule has 0 unspecified atom stereocenters. The van der Waals surface area contributed by atoms with Crippen molar-refractivity contribution < 1.29 is 14.3 Å². The van der Waals surface area contributed by atoms with Crippen molar-refractivity contribution in [2.24, 2.45) is 0 Å². The number of esters is 1. The minimum absolute atomic E-state index is 0.146. The number of rotatable bonds is 9. The van der Waals surface area contributed by atoms with E-state index in [9.17, 15) is 9.59 Å². The Kier molecular flexibility index (Phi) is 9.04. The van der Waals surface area contributed by atoms with Crippen LogP contribution in [0.4, 0.5) is 0 Å². The number of amides is 1. The molecule has 0 aliphatic carbocycles. The molecule has 0 fully saturated rings. The zero-order valence-electron chi connectivity index (χ0n) is 12.0. The Morgan fingerprint density at radius 2 is 1.90 bits per heavy atom. The fourth-order valence-electron chi connectivity index (χ4n) is 1.72. The van der Waals surface area contributed by atoms with E-state index in [0.29, 0.717) is 19.6 Å². The molecule has 1 N–H and O–H groups in total. The first-order chi connectivity index (χ1) is 10.2. The van der Waals surface area contributed by atoms with Gasteiger partial charge in [0.15, 0.2) is 0 Å². The van der Waals surface area contributed by atoms with Gasteiger partial charge in [-0.15, -0.1) is 0 Å². The third kappa shape index (κ3) is 8.92. The van der Waals surface area contributed by atoms with E-state index in [1.807, 2.05) is 30.3 Å². The molecule has 114 valence electrons. The highest BCUT2D eigenvalue weighted by Gasteiger charge is 2.03. The topological polar surface area (TPSA) is 55.4 Å². The smallest absolute Gasteiger partial charge is 0.306 e. The van der Waals surface area contributed by atoms with Crippen LogP contribution in [0.5, 0.6) is 0 Å². The predicted molar refractivity (Wildman–Crippen MR) is 85.8 cm³/mol. The molecule has 4 nitrogen and oxygen atoms in total. The van der Waals surface area contributed by atoms with Crippen molar-refractivity contribution in [1.82, 2.24) is 5.32 Å². The van der Waals surface area contributed by atoms with Crippen LogP contribution in [0.3, 0.4) is 0 Å². The molecular weight excluding hydrogens is 286 g/mol. The van der Waals surface area contributed by atoms with E-state index in [-0.39, 0.29) is 11.9 Å². The zero-order chi connectivity index (χ0) is 15.3. The summed E-state index contributed by atoms with van der Waals surface area (Å²) in [6.45, 7) is 0.932. The number of hydrogen-bond donors (Lipinski definition) is 2. The van der Waals surface area contributed by atoms with Gasteiger partial charge < -0.3 is 10.1 Å². The molecule has 0 aliphatic rings. The lowest BCUT2D eigenvalue weighted by Crippen LogP contribution is -2.21. The van der Waals surface area contributed by atoms with E-state index in [1.54, 1.807) is 0 Å². The summed E-state index contributed by atoms with van der Waals surface area (Å²) in [5.41, 5.74) is 0.991. The van der Waals surface area contributed by atoms with Crippen LogP contribution in [0.25, 0.3) is 0 Å². The molecule has 0 radical (unpaired) electrons. The van der Waals surface area contributed by atoms with Crippen molar-refractivity contribution in [2.75, 3.05) is 6.54 Å². The fourth-order valence-corrected chi connectivity index (χ4v) is 1.85. The average Bonchev–Trinajstić information content (AvgIpc) is 2.50. The molecule has 0 spiro atoms. The van der Waals surface area contributed by atoms with Gasteiger partial charge in [0.2, 0.25) is 5.91 Å². The van der Waals surface area contributed by atoms with E-state index in [2.05, 4.69) is 17.9 Å². The second-order valence-electron chi connectivity index (χ2n) is 4.56. The van der Waals surface area contributed by atoms with Crippen LogP contribution in [-0.4, -0.2) is 18.4 Å². The number of carbonyl (C=O) groups is 2. The van der Waals surface area contributed by atoms with Crippen molar-refractivity contribution in [2.45, 2.75) is 32.3 Å². The molecule has 0 saturated carbocycles. The summed E-state index contributed by atoms with van der Waals surface area (Å²) >= 11 is 3.81. The summed E-state index contributed by atoms with van der Waals surface area (Å²) in [5, 5.41) is 4.13. The number of unbranched alkanes of at least 4 members (excludes halogenated alkanes) is 2. The monoisotopic (exact) mass is 307 g/mol. The van der Waals surface area contributed by atoms with Crippen LogP contribution in [0.15, 0.2) is 41.8 Å². The van der Waals surface area contributed by atoms with Gasteiger partial charge in [0.05, 0.1) is 0 Å². The Morgan fingerprint density at radius 1 is 1.14 bits per heavy atom. The van der Waals surface area contributed by atoms with Gasteiger partial charge in [-0.25, -0.2) is 0 Å². The van der Waals surface area contributed by atoms with Crippen molar-refractivity contribution >= 4 is 24.5 Å². The second-order valence-corrected chi connectivity index (χ2v) is 4.86. The van der Waals surface area contributed by atoms with Crippen molar-refractivity contribution in [3.63, 3.8) is 0 Å². The fraction of sp³-hybridized carbons (Fsp3) is 0.375. The van der Waals surface area contributed by atoms with Gasteiger partial charge in [0.25, 0.3) is 0 Å². The first-order valence-corrected chi connectivity index (χ1v) is 7.52. The van der Waals surface area contributed by atoms with Crippen LogP contribution in [0.1, 0.15) is 31.2 Å². The Bertz CT molecular complexity index is 460. The van der Waals surface area contributed by atoms with E-state index in [1.165, 1.54) is 11.5 Å². The predicted octanol–water partition coefficient (Wildman–Crippen LogP) is 2.85. The van der Waals surface area contributed by atoms with Gasteiger partial charge in [-0.05, 0) is 23.8 Å². The molecule has 21 heavy (non-hydrogen) atoms. The molecule has 0 heterocycles. The maximum Gasteiger partial charge on any atom is 0.306 e. The summed E-state index contributed by atoms with van der Waals surface area (Å²) in [4.78, 5) is 22.6. The number of carbonyl (C=O) groups excluding carboxylic acids is 2. The van der Waals surface area contributed by atoms with Gasteiger partial charge >= 0.3 is 5.97 Å². The minimum Gasteiger partial charge on any atom is -0.461 e. The average molecular weight is 307 g/mol. The molecule has 0 saturated heterocycles. The molecular formula is C16H21NO3S. The van der Waals surface area contributed by atoms with Crippen molar-refractivity contribution in [3.05, 3.63) is 47.4 Å². The summed E-state index contributed by atoms with van der Waals surface area (Å²) in [7, 11) is 0. The minimum atomic E-state index is -0.180. The van der Waals surface area contributed by atoms with Crippen LogP contribution in [0.2, 0.25) is 0 Å². The summed E-state index contributed by atoms with van der Waals surface area (Å²) in [6.07, 6.45) is 4.27. The molecule has 1 rings (SSSR count). The Balaban J connectivity index is 2.00. The Morgan fingerprint density at radius 3 is 2.62 bits per heavy atom. The number of nitrogens with one attached hydrogen (secondary N) is 1. The van der Waals surface area contributed by atoms with Gasteiger partial charge in [0.1, 0.15) is 6.61 Å². The highest BCUT2D eigenvalue weighted by atomic mass is 32.1. The van der Waals surface area contributed by atoms with Crippen LogP contribution in [0, 0.1) is 0 Å². The second kappa shape index (κ2) is 11.0. The van der Waals surface area contributed by atoms with Crippen molar-refractivity contribution in [1.29, 1.82) is 0 Å². The molecule has 1 aromatic carbocycles. The molecule has 0 aliphatic heterocycles. The molecule has 1 amide bonds. The van der Waals surface area contributed by atoms with Crippen LogP contribution >= 0.6 is 12.6 Å². The summed E-state index contributed by atoms with van der Waals surface area (Å²) in [5.74, 6) is -0.326. The first kappa shape index (κ1) is 17.3. The lowest BCUT2D eigenvalue weighted by molar-refractivity contribution is -0.145.